The lowest BCUT2D eigenvalue weighted by molar-refractivity contribution is 0.184. The molecule has 1 aromatic rings. The first-order chi connectivity index (χ1) is 7.27. The van der Waals surface area contributed by atoms with Gasteiger partial charge in [-0.3, -0.25) is 0 Å². The van der Waals surface area contributed by atoms with Crippen molar-refractivity contribution < 1.29 is 5.11 Å². The van der Waals surface area contributed by atoms with Gasteiger partial charge in [0.15, 0.2) is 0 Å². The van der Waals surface area contributed by atoms with Crippen LogP contribution in [0.2, 0.25) is 0 Å². The molecule has 1 saturated carbocycles. The highest BCUT2D eigenvalue weighted by Gasteiger charge is 2.31. The van der Waals surface area contributed by atoms with E-state index in [1.165, 1.54) is 18.4 Å². The van der Waals surface area contributed by atoms with Crippen molar-refractivity contribution in [1.82, 2.24) is 5.32 Å². The molecule has 82 valence electrons. The second-order valence-corrected chi connectivity index (χ2v) is 4.48. The van der Waals surface area contributed by atoms with Crippen LogP contribution in [0.5, 0.6) is 0 Å². The van der Waals surface area contributed by atoms with Gasteiger partial charge in [-0.2, -0.15) is 0 Å². The molecule has 1 aliphatic carbocycles. The van der Waals surface area contributed by atoms with Gasteiger partial charge >= 0.3 is 0 Å². The van der Waals surface area contributed by atoms with Crippen molar-refractivity contribution in [2.75, 3.05) is 6.54 Å². The molecule has 2 unspecified atom stereocenters. The zero-order chi connectivity index (χ0) is 10.7. The highest BCUT2D eigenvalue weighted by molar-refractivity contribution is 5.21. The van der Waals surface area contributed by atoms with E-state index in [4.69, 9.17) is 0 Å². The number of aliphatic hydroxyl groups excluding tert-OH is 1. The Bertz CT molecular complexity index is 293. The lowest BCUT2D eigenvalue weighted by Gasteiger charge is -2.19. The van der Waals surface area contributed by atoms with Crippen LogP contribution >= 0.6 is 0 Å². The summed E-state index contributed by atoms with van der Waals surface area (Å²) in [5, 5.41) is 12.7. The monoisotopic (exact) mass is 205 g/mol. The van der Waals surface area contributed by atoms with Gasteiger partial charge in [0.1, 0.15) is 0 Å². The Kier molecular flexibility index (Phi) is 3.39. The van der Waals surface area contributed by atoms with Crippen molar-refractivity contribution in [1.29, 1.82) is 0 Å². The average molecular weight is 205 g/mol. The molecule has 0 aliphatic heterocycles. The van der Waals surface area contributed by atoms with Gasteiger partial charge in [-0.25, -0.2) is 0 Å². The van der Waals surface area contributed by atoms with E-state index in [1.54, 1.807) is 0 Å². The zero-order valence-corrected chi connectivity index (χ0v) is 9.19. The molecule has 0 radical (unpaired) electrons. The summed E-state index contributed by atoms with van der Waals surface area (Å²) in [5.74, 6) is 0.770. The first kappa shape index (κ1) is 10.7. The van der Waals surface area contributed by atoms with Crippen LogP contribution in [0.4, 0.5) is 0 Å². The number of nitrogens with one attached hydrogen (secondary N) is 1. The summed E-state index contributed by atoms with van der Waals surface area (Å²) in [5.41, 5.74) is 1.35. The molecule has 2 heteroatoms. The van der Waals surface area contributed by atoms with Gasteiger partial charge in [-0.1, -0.05) is 30.3 Å². The molecule has 0 aromatic heterocycles. The molecule has 0 amide bonds. The van der Waals surface area contributed by atoms with Crippen LogP contribution in [0.15, 0.2) is 30.3 Å². The second kappa shape index (κ2) is 4.77. The first-order valence-electron chi connectivity index (χ1n) is 5.74. The van der Waals surface area contributed by atoms with E-state index in [0.29, 0.717) is 12.6 Å². The van der Waals surface area contributed by atoms with Crippen molar-refractivity contribution in [3.05, 3.63) is 35.9 Å². The summed E-state index contributed by atoms with van der Waals surface area (Å²) >= 11 is 0. The Morgan fingerprint density at radius 3 is 2.53 bits per heavy atom. The lowest BCUT2D eigenvalue weighted by atomic mass is 10.0. The molecule has 2 atom stereocenters. The van der Waals surface area contributed by atoms with E-state index in [2.05, 4.69) is 29.6 Å². The van der Waals surface area contributed by atoms with Crippen LogP contribution in [0.1, 0.15) is 31.4 Å². The molecular weight excluding hydrogens is 186 g/mol. The minimum atomic E-state index is -0.269. The normalized spacial score (nSPS) is 19.9. The molecule has 0 bridgehead atoms. The maximum atomic E-state index is 9.29. The van der Waals surface area contributed by atoms with Crippen LogP contribution < -0.4 is 5.32 Å². The summed E-state index contributed by atoms with van der Waals surface area (Å²) in [7, 11) is 0. The van der Waals surface area contributed by atoms with Gasteiger partial charge in [0, 0.05) is 12.6 Å². The smallest absolute Gasteiger partial charge is 0.0636 e. The van der Waals surface area contributed by atoms with Crippen LogP contribution in [0.3, 0.4) is 0 Å². The van der Waals surface area contributed by atoms with Gasteiger partial charge < -0.3 is 10.4 Å². The van der Waals surface area contributed by atoms with E-state index in [0.717, 1.165) is 5.92 Å². The summed E-state index contributed by atoms with van der Waals surface area (Å²) < 4.78 is 0. The molecule has 2 nitrogen and oxygen atoms in total. The average Bonchev–Trinajstić information content (AvgIpc) is 3.03. The molecule has 0 saturated heterocycles. The predicted octanol–water partition coefficient (Wildman–Crippen LogP) is 2.11. The highest BCUT2D eigenvalue weighted by atomic mass is 16.3. The molecule has 1 aliphatic rings. The van der Waals surface area contributed by atoms with Crippen molar-refractivity contribution in [2.24, 2.45) is 5.92 Å². The topological polar surface area (TPSA) is 32.3 Å². The Morgan fingerprint density at radius 2 is 2.00 bits per heavy atom. The summed E-state index contributed by atoms with van der Waals surface area (Å²) in [6.07, 6.45) is 2.36. The summed E-state index contributed by atoms with van der Waals surface area (Å²) in [4.78, 5) is 0. The van der Waals surface area contributed by atoms with E-state index >= 15 is 0 Å². The van der Waals surface area contributed by atoms with Gasteiger partial charge in [0.05, 0.1) is 6.10 Å². The Hall–Kier alpha value is -0.860. The van der Waals surface area contributed by atoms with Crippen LogP contribution in [0, 0.1) is 5.92 Å². The standard InChI is InChI=1S/C13H19NO/c1-10(15)9-14-13(12-7-8-12)11-5-3-2-4-6-11/h2-6,10,12-15H,7-9H2,1H3. The van der Waals surface area contributed by atoms with E-state index in [1.807, 2.05) is 13.0 Å². The fourth-order valence-electron chi connectivity index (χ4n) is 1.94. The zero-order valence-electron chi connectivity index (χ0n) is 9.19. The van der Waals surface area contributed by atoms with Crippen molar-refractivity contribution in [3.8, 4) is 0 Å². The number of hydrogen-bond donors (Lipinski definition) is 2. The van der Waals surface area contributed by atoms with Gasteiger partial charge in [-0.15, -0.1) is 0 Å². The maximum absolute atomic E-state index is 9.29. The third-order valence-electron chi connectivity index (χ3n) is 2.89. The Balaban J connectivity index is 2.00. The Morgan fingerprint density at radius 1 is 1.33 bits per heavy atom. The number of hydrogen-bond acceptors (Lipinski definition) is 2. The van der Waals surface area contributed by atoms with Gasteiger partial charge in [-0.05, 0) is 31.2 Å². The first-order valence-corrected chi connectivity index (χ1v) is 5.74. The number of benzene rings is 1. The van der Waals surface area contributed by atoms with E-state index < -0.39 is 0 Å². The van der Waals surface area contributed by atoms with Crippen molar-refractivity contribution >= 4 is 0 Å². The largest absolute Gasteiger partial charge is 0.392 e. The fraction of sp³-hybridized carbons (Fsp3) is 0.538. The third kappa shape index (κ3) is 3.05. The van der Waals surface area contributed by atoms with Crippen LogP contribution in [-0.4, -0.2) is 17.8 Å². The molecule has 2 rings (SSSR count). The van der Waals surface area contributed by atoms with E-state index in [-0.39, 0.29) is 6.10 Å². The molecule has 1 fully saturated rings. The highest BCUT2D eigenvalue weighted by Crippen LogP contribution is 2.40. The Labute approximate surface area is 91.3 Å². The van der Waals surface area contributed by atoms with E-state index in [9.17, 15) is 5.11 Å². The number of rotatable bonds is 5. The summed E-state index contributed by atoms with van der Waals surface area (Å²) in [6, 6.07) is 11.0. The molecular formula is C13H19NO. The molecule has 0 heterocycles. The molecule has 0 spiro atoms. The fourth-order valence-corrected chi connectivity index (χ4v) is 1.94. The second-order valence-electron chi connectivity index (χ2n) is 4.48. The van der Waals surface area contributed by atoms with Crippen molar-refractivity contribution in [2.45, 2.75) is 31.9 Å². The SMILES string of the molecule is CC(O)CNC(c1ccccc1)C1CC1. The van der Waals surface area contributed by atoms with Gasteiger partial charge in [0.2, 0.25) is 0 Å². The maximum Gasteiger partial charge on any atom is 0.0636 e. The number of aliphatic hydroxyl groups is 1. The van der Waals surface area contributed by atoms with Gasteiger partial charge in [0.25, 0.3) is 0 Å². The molecule has 15 heavy (non-hydrogen) atoms. The minimum Gasteiger partial charge on any atom is -0.392 e. The lowest BCUT2D eigenvalue weighted by Crippen LogP contribution is -2.29. The van der Waals surface area contributed by atoms with Crippen LogP contribution in [0.25, 0.3) is 0 Å². The predicted molar refractivity (Wildman–Crippen MR) is 61.6 cm³/mol. The quantitative estimate of drug-likeness (QED) is 0.771. The van der Waals surface area contributed by atoms with Crippen molar-refractivity contribution in [3.63, 3.8) is 0 Å². The minimum absolute atomic E-state index is 0.269. The molecule has 1 aromatic carbocycles. The summed E-state index contributed by atoms with van der Waals surface area (Å²) in [6.45, 7) is 2.50. The third-order valence-corrected chi connectivity index (χ3v) is 2.89. The van der Waals surface area contributed by atoms with Crippen LogP contribution in [-0.2, 0) is 0 Å². The molecule has 2 N–H and O–H groups in total.